The highest BCUT2D eigenvalue weighted by molar-refractivity contribution is 5.00. The largest absolute Gasteiger partial charge is 1.00 e. The molecule has 152 valence electrons. The molecule has 0 atom stereocenters. The van der Waals surface area contributed by atoms with E-state index in [0.717, 1.165) is 0 Å². The van der Waals surface area contributed by atoms with E-state index >= 15 is 0 Å². The van der Waals surface area contributed by atoms with Crippen molar-refractivity contribution in [2.75, 3.05) is 0 Å². The van der Waals surface area contributed by atoms with Crippen molar-refractivity contribution in [3.8, 4) is 0 Å². The highest BCUT2D eigenvalue weighted by Crippen LogP contribution is 2.13. The Bertz CT molecular complexity index is 410. The van der Waals surface area contributed by atoms with Gasteiger partial charge in [0.15, 0.2) is 11.4 Å². The standard InChI is InChI=1S/C24H44N.ClH/c1-4-5-6-7-8-9-10-11-12-13-14-15-16-17-18-22-25-23(2)20-19-21-24(25)3;/h19-21H,4-18,22H2,1-3H3;1H/q+1;/p-1. The Balaban J connectivity index is 0.00000625. The average molecular weight is 382 g/mol. The van der Waals surface area contributed by atoms with Crippen molar-refractivity contribution in [1.82, 2.24) is 0 Å². The van der Waals surface area contributed by atoms with Gasteiger partial charge in [0.05, 0.1) is 0 Å². The number of nitrogens with zero attached hydrogens (tertiary/aromatic N) is 1. The summed E-state index contributed by atoms with van der Waals surface area (Å²) in [6, 6.07) is 6.60. The molecule has 1 aromatic heterocycles. The van der Waals surface area contributed by atoms with Gasteiger partial charge in [0, 0.05) is 32.4 Å². The lowest BCUT2D eigenvalue weighted by Crippen LogP contribution is -3.00. The zero-order valence-electron chi connectivity index (χ0n) is 17.9. The number of aromatic nitrogens is 1. The van der Waals surface area contributed by atoms with Crippen molar-refractivity contribution in [3.05, 3.63) is 29.6 Å². The van der Waals surface area contributed by atoms with Crippen LogP contribution in [0.25, 0.3) is 0 Å². The minimum Gasteiger partial charge on any atom is -1.00 e. The molecule has 0 saturated carbocycles. The van der Waals surface area contributed by atoms with Crippen molar-refractivity contribution >= 4 is 0 Å². The molecule has 0 amide bonds. The third-order valence-corrected chi connectivity index (χ3v) is 5.51. The molecule has 2 heteroatoms. The molecule has 0 aliphatic carbocycles. The van der Waals surface area contributed by atoms with Crippen LogP contribution >= 0.6 is 0 Å². The first kappa shape index (κ1) is 25.4. The molecule has 1 nitrogen and oxygen atoms in total. The highest BCUT2D eigenvalue weighted by Gasteiger charge is 2.08. The van der Waals surface area contributed by atoms with Crippen LogP contribution in [0, 0.1) is 13.8 Å². The summed E-state index contributed by atoms with van der Waals surface area (Å²) in [5, 5.41) is 0. The van der Waals surface area contributed by atoms with Crippen LogP contribution in [0.1, 0.15) is 115 Å². The average Bonchev–Trinajstić information content (AvgIpc) is 2.60. The third kappa shape index (κ3) is 12.7. The number of hydrogen-bond donors (Lipinski definition) is 0. The molecule has 26 heavy (non-hydrogen) atoms. The van der Waals surface area contributed by atoms with Crippen molar-refractivity contribution in [1.29, 1.82) is 0 Å². The molecular weight excluding hydrogens is 338 g/mol. The van der Waals surface area contributed by atoms with Crippen LogP contribution in [0.5, 0.6) is 0 Å². The van der Waals surface area contributed by atoms with Gasteiger partial charge in [0.1, 0.15) is 6.54 Å². The fourth-order valence-corrected chi connectivity index (χ4v) is 3.78. The molecule has 0 saturated heterocycles. The van der Waals surface area contributed by atoms with Gasteiger partial charge in [-0.3, -0.25) is 0 Å². The topological polar surface area (TPSA) is 3.88 Å². The Morgan fingerprint density at radius 3 is 1.31 bits per heavy atom. The van der Waals surface area contributed by atoms with E-state index in [9.17, 15) is 0 Å². The van der Waals surface area contributed by atoms with Crippen LogP contribution in [0.4, 0.5) is 0 Å². The van der Waals surface area contributed by atoms with Crippen molar-refractivity contribution in [3.63, 3.8) is 0 Å². The lowest BCUT2D eigenvalue weighted by molar-refractivity contribution is -0.709. The van der Waals surface area contributed by atoms with Crippen LogP contribution in [0.15, 0.2) is 18.2 Å². The summed E-state index contributed by atoms with van der Waals surface area (Å²) in [5.74, 6) is 0. The Morgan fingerprint density at radius 2 is 0.923 bits per heavy atom. The fraction of sp³-hybridized carbons (Fsp3) is 0.792. The van der Waals surface area contributed by atoms with Gasteiger partial charge in [0.2, 0.25) is 0 Å². The van der Waals surface area contributed by atoms with Gasteiger partial charge in [-0.2, -0.15) is 0 Å². The fourth-order valence-electron chi connectivity index (χ4n) is 3.78. The first-order valence-corrected chi connectivity index (χ1v) is 11.2. The Labute approximate surface area is 170 Å². The molecule has 0 aliphatic rings. The summed E-state index contributed by atoms with van der Waals surface area (Å²) >= 11 is 0. The van der Waals surface area contributed by atoms with Gasteiger partial charge < -0.3 is 12.4 Å². The number of pyridine rings is 1. The second-order valence-corrected chi connectivity index (χ2v) is 7.91. The van der Waals surface area contributed by atoms with Gasteiger partial charge in [0.25, 0.3) is 0 Å². The first-order valence-electron chi connectivity index (χ1n) is 11.2. The normalized spacial score (nSPS) is 10.7. The molecule has 0 unspecified atom stereocenters. The molecule has 1 rings (SSSR count). The molecule has 0 N–H and O–H groups in total. The van der Waals surface area contributed by atoms with Gasteiger partial charge in [-0.25, -0.2) is 4.57 Å². The van der Waals surface area contributed by atoms with Crippen molar-refractivity contribution in [2.45, 2.75) is 124 Å². The SMILES string of the molecule is CCCCCCCCCCCCCCCCC[n+]1c(C)cccc1C.[Cl-]. The van der Waals surface area contributed by atoms with Gasteiger partial charge in [-0.15, -0.1) is 0 Å². The van der Waals surface area contributed by atoms with Crippen LogP contribution in [-0.2, 0) is 6.54 Å². The maximum Gasteiger partial charge on any atom is 0.178 e. The molecule has 0 aromatic carbocycles. The van der Waals surface area contributed by atoms with Crippen LogP contribution in [0.2, 0.25) is 0 Å². The number of rotatable bonds is 16. The van der Waals surface area contributed by atoms with Gasteiger partial charge in [-0.05, 0) is 12.5 Å². The van der Waals surface area contributed by atoms with E-state index in [1.54, 1.807) is 0 Å². The molecule has 0 spiro atoms. The minimum absolute atomic E-state index is 0. The quantitative estimate of drug-likeness (QED) is 0.294. The summed E-state index contributed by atoms with van der Waals surface area (Å²) in [5.41, 5.74) is 2.79. The predicted molar refractivity (Wildman–Crippen MR) is 111 cm³/mol. The van der Waals surface area contributed by atoms with E-state index in [0.29, 0.717) is 0 Å². The molecule has 0 bridgehead atoms. The van der Waals surface area contributed by atoms with Crippen LogP contribution in [-0.4, -0.2) is 0 Å². The lowest BCUT2D eigenvalue weighted by Gasteiger charge is -2.05. The molecular formula is C24H44ClN. The Hall–Kier alpha value is -0.560. The highest BCUT2D eigenvalue weighted by atomic mass is 35.5. The molecule has 0 aliphatic heterocycles. The van der Waals surface area contributed by atoms with E-state index in [1.165, 1.54) is 114 Å². The Kier molecular flexibility index (Phi) is 17.4. The van der Waals surface area contributed by atoms with Crippen LogP contribution < -0.4 is 17.0 Å². The zero-order chi connectivity index (χ0) is 18.2. The van der Waals surface area contributed by atoms with E-state index in [2.05, 4.69) is 43.5 Å². The summed E-state index contributed by atoms with van der Waals surface area (Å²) in [6.45, 7) is 7.93. The van der Waals surface area contributed by atoms with Crippen molar-refractivity contribution < 1.29 is 17.0 Å². The van der Waals surface area contributed by atoms with Crippen molar-refractivity contribution in [2.24, 2.45) is 0 Å². The third-order valence-electron chi connectivity index (χ3n) is 5.51. The minimum atomic E-state index is 0. The molecule has 0 fully saturated rings. The Morgan fingerprint density at radius 1 is 0.577 bits per heavy atom. The maximum absolute atomic E-state index is 2.46. The zero-order valence-corrected chi connectivity index (χ0v) is 18.6. The number of unbranched alkanes of at least 4 members (excludes halogenated alkanes) is 14. The van der Waals surface area contributed by atoms with Gasteiger partial charge >= 0.3 is 0 Å². The summed E-state index contributed by atoms with van der Waals surface area (Å²) < 4.78 is 2.46. The summed E-state index contributed by atoms with van der Waals surface area (Å²) in [4.78, 5) is 0. The lowest BCUT2D eigenvalue weighted by atomic mass is 10.0. The van der Waals surface area contributed by atoms with Gasteiger partial charge in [-0.1, -0.05) is 90.4 Å². The smallest absolute Gasteiger partial charge is 0.178 e. The second-order valence-electron chi connectivity index (χ2n) is 7.91. The van der Waals surface area contributed by atoms with E-state index < -0.39 is 0 Å². The monoisotopic (exact) mass is 381 g/mol. The maximum atomic E-state index is 2.46. The molecule has 0 radical (unpaired) electrons. The van der Waals surface area contributed by atoms with E-state index in [-0.39, 0.29) is 12.4 Å². The first-order chi connectivity index (χ1) is 12.3. The van der Waals surface area contributed by atoms with E-state index in [1.807, 2.05) is 0 Å². The summed E-state index contributed by atoms with van der Waals surface area (Å²) in [7, 11) is 0. The van der Waals surface area contributed by atoms with Crippen LogP contribution in [0.3, 0.4) is 0 Å². The number of aryl methyl sites for hydroxylation is 2. The summed E-state index contributed by atoms with van der Waals surface area (Å²) in [6.07, 6.45) is 21.6. The van der Waals surface area contributed by atoms with E-state index in [4.69, 9.17) is 0 Å². The predicted octanol–water partition coefficient (Wildman–Crippen LogP) is 4.47. The molecule has 1 heterocycles. The number of halogens is 1. The second kappa shape index (κ2) is 17.8. The molecule has 1 aromatic rings. The number of hydrogen-bond acceptors (Lipinski definition) is 0.